The fourth-order valence-corrected chi connectivity index (χ4v) is 6.21. The number of likely N-dealkylation sites (N-methyl/N-ethyl adjacent to an activating group) is 1. The highest BCUT2D eigenvalue weighted by molar-refractivity contribution is 7.90. The molecule has 0 radical (unpaired) electrons. The van der Waals surface area contributed by atoms with Gasteiger partial charge in [-0.1, -0.05) is 18.2 Å². The van der Waals surface area contributed by atoms with Crippen LogP contribution in [-0.4, -0.2) is 44.5 Å². The SMILES string of the molecule is COc1ccc2c(c1)c([C@@H]1CCN(C)C1)c1n2S(=O)(=O)c2ccccc2-1. The largest absolute Gasteiger partial charge is 0.497 e. The average molecular weight is 368 g/mol. The Labute approximate surface area is 152 Å². The maximum absolute atomic E-state index is 13.3. The summed E-state index contributed by atoms with van der Waals surface area (Å²) in [5, 5.41) is 0.984. The summed E-state index contributed by atoms with van der Waals surface area (Å²) in [7, 11) is 0.183. The Kier molecular flexibility index (Phi) is 3.27. The molecule has 0 amide bonds. The summed E-state index contributed by atoms with van der Waals surface area (Å²) >= 11 is 0. The molecular formula is C20H20N2O3S. The van der Waals surface area contributed by atoms with E-state index in [-0.39, 0.29) is 0 Å². The van der Waals surface area contributed by atoms with E-state index in [1.165, 1.54) is 0 Å². The van der Waals surface area contributed by atoms with Crippen molar-refractivity contribution in [3.63, 3.8) is 0 Å². The van der Waals surface area contributed by atoms with Crippen molar-refractivity contribution in [1.82, 2.24) is 8.87 Å². The van der Waals surface area contributed by atoms with E-state index >= 15 is 0 Å². The van der Waals surface area contributed by atoms with Crippen LogP contribution in [0.1, 0.15) is 17.9 Å². The molecule has 1 aromatic heterocycles. The van der Waals surface area contributed by atoms with E-state index in [1.807, 2.05) is 30.3 Å². The summed E-state index contributed by atoms with van der Waals surface area (Å²) in [6.45, 7) is 1.96. The Bertz CT molecular complexity index is 1150. The van der Waals surface area contributed by atoms with Gasteiger partial charge in [-0.05, 0) is 49.8 Å². The summed E-state index contributed by atoms with van der Waals surface area (Å²) in [5.41, 5.74) is 3.52. The standard InChI is InChI=1S/C20H20N2O3S/c1-21-10-9-13(12-21)19-16-11-14(25-2)7-8-17(16)22-20(19)15-5-3-4-6-18(15)26(22,23)24/h3-8,11,13H,9-10,12H2,1-2H3/t13-/m1/s1. The number of hydrogen-bond acceptors (Lipinski definition) is 4. The minimum absolute atomic E-state index is 0.312. The van der Waals surface area contributed by atoms with Gasteiger partial charge in [-0.15, -0.1) is 0 Å². The van der Waals surface area contributed by atoms with E-state index in [0.717, 1.165) is 53.0 Å². The van der Waals surface area contributed by atoms with Crippen LogP contribution >= 0.6 is 0 Å². The highest BCUT2D eigenvalue weighted by Crippen LogP contribution is 2.49. The molecule has 6 heteroatoms. The Morgan fingerprint density at radius 1 is 1.15 bits per heavy atom. The highest BCUT2D eigenvalue weighted by atomic mass is 32.2. The van der Waals surface area contributed by atoms with E-state index in [4.69, 9.17) is 4.74 Å². The molecule has 1 saturated heterocycles. The molecule has 5 rings (SSSR count). The number of methoxy groups -OCH3 is 1. The fourth-order valence-electron chi connectivity index (χ4n) is 4.47. The quantitative estimate of drug-likeness (QED) is 0.545. The molecule has 134 valence electrons. The van der Waals surface area contributed by atoms with Crippen LogP contribution in [-0.2, 0) is 10.0 Å². The topological polar surface area (TPSA) is 51.5 Å². The zero-order chi connectivity index (χ0) is 18.1. The first kappa shape index (κ1) is 15.9. The summed E-state index contributed by atoms with van der Waals surface area (Å²) in [5.74, 6) is 1.06. The molecule has 2 aromatic carbocycles. The smallest absolute Gasteiger partial charge is 0.269 e. The Balaban J connectivity index is 1.92. The molecule has 3 heterocycles. The number of likely N-dealkylation sites (tertiary alicyclic amines) is 1. The third-order valence-electron chi connectivity index (χ3n) is 5.63. The first-order valence-electron chi connectivity index (χ1n) is 8.78. The Morgan fingerprint density at radius 2 is 1.96 bits per heavy atom. The molecular weight excluding hydrogens is 348 g/mol. The van der Waals surface area contributed by atoms with Crippen molar-refractivity contribution >= 4 is 20.9 Å². The van der Waals surface area contributed by atoms with E-state index in [9.17, 15) is 8.42 Å². The van der Waals surface area contributed by atoms with Crippen molar-refractivity contribution in [2.45, 2.75) is 17.2 Å². The van der Waals surface area contributed by atoms with Gasteiger partial charge in [0.05, 0.1) is 23.2 Å². The predicted octanol–water partition coefficient (Wildman–Crippen LogP) is 3.29. The molecule has 1 atom stereocenters. The van der Waals surface area contributed by atoms with Gasteiger partial charge in [-0.25, -0.2) is 12.4 Å². The lowest BCUT2D eigenvalue weighted by Gasteiger charge is -2.13. The highest BCUT2D eigenvalue weighted by Gasteiger charge is 2.39. The summed E-state index contributed by atoms with van der Waals surface area (Å²) < 4.78 is 33.5. The van der Waals surface area contributed by atoms with Crippen LogP contribution in [0.2, 0.25) is 0 Å². The maximum Gasteiger partial charge on any atom is 0.269 e. The lowest BCUT2D eigenvalue weighted by molar-refractivity contribution is 0.411. The van der Waals surface area contributed by atoms with Gasteiger partial charge in [0.25, 0.3) is 10.0 Å². The van der Waals surface area contributed by atoms with Crippen LogP contribution in [0.3, 0.4) is 0 Å². The van der Waals surface area contributed by atoms with Gasteiger partial charge < -0.3 is 9.64 Å². The third kappa shape index (κ3) is 1.97. The monoisotopic (exact) mass is 368 g/mol. The second kappa shape index (κ2) is 5.34. The molecule has 3 aromatic rings. The first-order valence-corrected chi connectivity index (χ1v) is 10.2. The number of nitrogens with zero attached hydrogens (tertiary/aromatic N) is 2. The number of aromatic nitrogens is 1. The summed E-state index contributed by atoms with van der Waals surface area (Å²) in [4.78, 5) is 2.70. The predicted molar refractivity (Wildman–Crippen MR) is 101 cm³/mol. The molecule has 2 aliphatic rings. The van der Waals surface area contributed by atoms with Gasteiger partial charge >= 0.3 is 0 Å². The van der Waals surface area contributed by atoms with Gasteiger partial charge in [0.15, 0.2) is 0 Å². The third-order valence-corrected chi connectivity index (χ3v) is 7.40. The van der Waals surface area contributed by atoms with Crippen molar-refractivity contribution < 1.29 is 13.2 Å². The van der Waals surface area contributed by atoms with Gasteiger partial charge in [-0.2, -0.15) is 0 Å². The Morgan fingerprint density at radius 3 is 2.69 bits per heavy atom. The van der Waals surface area contributed by atoms with Crippen LogP contribution in [0, 0.1) is 0 Å². The summed E-state index contributed by atoms with van der Waals surface area (Å²) in [6.07, 6.45) is 1.03. The molecule has 0 aliphatic carbocycles. The van der Waals surface area contributed by atoms with Crippen LogP contribution in [0.15, 0.2) is 47.4 Å². The van der Waals surface area contributed by atoms with Crippen molar-refractivity contribution in [1.29, 1.82) is 0 Å². The lowest BCUT2D eigenvalue weighted by Crippen LogP contribution is -2.13. The molecule has 0 unspecified atom stereocenters. The van der Waals surface area contributed by atoms with Crippen LogP contribution < -0.4 is 4.74 Å². The second-order valence-corrected chi connectivity index (χ2v) is 8.91. The van der Waals surface area contributed by atoms with Crippen molar-refractivity contribution in [2.75, 3.05) is 27.2 Å². The molecule has 2 aliphatic heterocycles. The van der Waals surface area contributed by atoms with E-state index < -0.39 is 10.0 Å². The number of hydrogen-bond donors (Lipinski definition) is 0. The van der Waals surface area contributed by atoms with E-state index in [2.05, 4.69) is 11.9 Å². The summed E-state index contributed by atoms with van der Waals surface area (Å²) in [6, 6.07) is 13.0. The second-order valence-electron chi connectivity index (χ2n) is 7.16. The molecule has 0 saturated carbocycles. The minimum Gasteiger partial charge on any atom is -0.497 e. The number of rotatable bonds is 2. The van der Waals surface area contributed by atoms with Gasteiger partial charge in [0, 0.05) is 23.4 Å². The van der Waals surface area contributed by atoms with Gasteiger partial charge in [0.2, 0.25) is 0 Å². The van der Waals surface area contributed by atoms with Crippen molar-refractivity contribution in [2.24, 2.45) is 0 Å². The molecule has 0 bridgehead atoms. The number of ether oxygens (including phenoxy) is 1. The molecule has 1 fully saturated rings. The molecule has 26 heavy (non-hydrogen) atoms. The minimum atomic E-state index is -3.57. The van der Waals surface area contributed by atoms with Gasteiger partial charge in [-0.3, -0.25) is 0 Å². The Hall–Kier alpha value is -2.31. The van der Waals surface area contributed by atoms with E-state index in [0.29, 0.717) is 10.8 Å². The maximum atomic E-state index is 13.3. The first-order chi connectivity index (χ1) is 12.5. The van der Waals surface area contributed by atoms with Crippen molar-refractivity contribution in [3.8, 4) is 17.0 Å². The van der Waals surface area contributed by atoms with Crippen LogP contribution in [0.25, 0.3) is 22.2 Å². The van der Waals surface area contributed by atoms with E-state index in [1.54, 1.807) is 23.2 Å². The normalized spacial score (nSPS) is 21.1. The van der Waals surface area contributed by atoms with Crippen molar-refractivity contribution in [3.05, 3.63) is 48.0 Å². The molecule has 0 N–H and O–H groups in total. The number of benzene rings is 2. The zero-order valence-corrected chi connectivity index (χ0v) is 15.6. The fraction of sp³-hybridized carbons (Fsp3) is 0.300. The number of fused-ring (bicyclic) bond motifs is 5. The van der Waals surface area contributed by atoms with Crippen LogP contribution in [0.5, 0.6) is 5.75 Å². The molecule has 0 spiro atoms. The average Bonchev–Trinajstić information content (AvgIpc) is 3.27. The molecule has 5 nitrogen and oxygen atoms in total. The van der Waals surface area contributed by atoms with Gasteiger partial charge in [0.1, 0.15) is 5.75 Å². The zero-order valence-electron chi connectivity index (χ0n) is 14.8. The lowest BCUT2D eigenvalue weighted by atomic mass is 9.92. The van der Waals surface area contributed by atoms with Crippen LogP contribution in [0.4, 0.5) is 0 Å².